The predicted molar refractivity (Wildman–Crippen MR) is 91.8 cm³/mol. The van der Waals surface area contributed by atoms with Gasteiger partial charge in [0.05, 0.1) is 27.5 Å². The Morgan fingerprint density at radius 3 is 2.74 bits per heavy atom. The van der Waals surface area contributed by atoms with Crippen LogP contribution in [-0.2, 0) is 17.8 Å². The first kappa shape index (κ1) is 15.6. The maximum Gasteiger partial charge on any atom is 0.340 e. The van der Waals surface area contributed by atoms with Crippen LogP contribution in [0.15, 0.2) is 29.6 Å². The van der Waals surface area contributed by atoms with Gasteiger partial charge in [0, 0.05) is 10.8 Å². The third-order valence-electron chi connectivity index (χ3n) is 3.79. The first-order valence-corrected chi connectivity index (χ1v) is 8.44. The summed E-state index contributed by atoms with van der Waals surface area (Å²) in [5, 5.41) is 3.97. The molecule has 2 heterocycles. The standard InChI is InChI=1S/C18H18N2O2S/c1-4-16-20-13(10-23-16)9-22-18(21)17-11(2)14-7-5-6-8-15(14)19-12(17)3/h5-8,10H,4,9H2,1-3H3. The highest BCUT2D eigenvalue weighted by atomic mass is 32.1. The lowest BCUT2D eigenvalue weighted by molar-refractivity contribution is 0.0466. The number of hydrogen-bond donors (Lipinski definition) is 0. The van der Waals surface area contributed by atoms with Gasteiger partial charge in [0.1, 0.15) is 6.61 Å². The molecule has 0 spiro atoms. The molecule has 3 aromatic rings. The molecular formula is C18H18N2O2S. The van der Waals surface area contributed by atoms with Crippen LogP contribution in [0.3, 0.4) is 0 Å². The Morgan fingerprint density at radius 2 is 2.00 bits per heavy atom. The number of hydrogen-bond acceptors (Lipinski definition) is 5. The van der Waals surface area contributed by atoms with Gasteiger partial charge in [-0.05, 0) is 31.9 Å². The minimum atomic E-state index is -0.343. The maximum absolute atomic E-state index is 12.5. The van der Waals surface area contributed by atoms with Crippen molar-refractivity contribution in [1.29, 1.82) is 0 Å². The molecule has 23 heavy (non-hydrogen) atoms. The van der Waals surface area contributed by atoms with Crippen LogP contribution in [0.25, 0.3) is 10.9 Å². The fourth-order valence-corrected chi connectivity index (χ4v) is 3.35. The average Bonchev–Trinajstić information content (AvgIpc) is 3.01. The molecule has 0 bridgehead atoms. The van der Waals surface area contributed by atoms with Crippen molar-refractivity contribution in [2.24, 2.45) is 0 Å². The van der Waals surface area contributed by atoms with Crippen molar-refractivity contribution in [3.05, 3.63) is 57.2 Å². The van der Waals surface area contributed by atoms with E-state index >= 15 is 0 Å². The minimum absolute atomic E-state index is 0.195. The molecular weight excluding hydrogens is 308 g/mol. The molecule has 4 nitrogen and oxygen atoms in total. The summed E-state index contributed by atoms with van der Waals surface area (Å²) in [7, 11) is 0. The molecule has 118 valence electrons. The molecule has 1 aromatic carbocycles. The lowest BCUT2D eigenvalue weighted by atomic mass is 10.0. The zero-order valence-electron chi connectivity index (χ0n) is 13.4. The van der Waals surface area contributed by atoms with Gasteiger partial charge in [0.25, 0.3) is 0 Å². The van der Waals surface area contributed by atoms with E-state index < -0.39 is 0 Å². The van der Waals surface area contributed by atoms with E-state index in [1.165, 1.54) is 0 Å². The summed E-state index contributed by atoms with van der Waals surface area (Å²) >= 11 is 1.59. The average molecular weight is 326 g/mol. The largest absolute Gasteiger partial charge is 0.455 e. The van der Waals surface area contributed by atoms with Crippen molar-refractivity contribution in [2.75, 3.05) is 0 Å². The molecule has 0 fully saturated rings. The number of ether oxygens (including phenoxy) is 1. The van der Waals surface area contributed by atoms with Gasteiger partial charge in [-0.1, -0.05) is 25.1 Å². The number of thiazole rings is 1. The Kier molecular flexibility index (Phi) is 4.39. The second-order valence-corrected chi connectivity index (χ2v) is 6.32. The van der Waals surface area contributed by atoms with Gasteiger partial charge >= 0.3 is 5.97 Å². The van der Waals surface area contributed by atoms with Gasteiger partial charge in [-0.15, -0.1) is 11.3 Å². The van der Waals surface area contributed by atoms with Crippen LogP contribution in [0.2, 0.25) is 0 Å². The Labute approximate surface area is 139 Å². The first-order valence-electron chi connectivity index (χ1n) is 7.56. The van der Waals surface area contributed by atoms with Crippen LogP contribution in [0.1, 0.15) is 39.2 Å². The van der Waals surface area contributed by atoms with Gasteiger partial charge in [-0.25, -0.2) is 9.78 Å². The van der Waals surface area contributed by atoms with E-state index in [0.29, 0.717) is 11.3 Å². The van der Waals surface area contributed by atoms with Crippen LogP contribution in [0.4, 0.5) is 0 Å². The molecule has 0 saturated carbocycles. The summed E-state index contributed by atoms with van der Waals surface area (Å²) in [4.78, 5) is 21.4. The Morgan fingerprint density at radius 1 is 1.22 bits per heavy atom. The highest BCUT2D eigenvalue weighted by molar-refractivity contribution is 7.09. The van der Waals surface area contributed by atoms with E-state index in [2.05, 4.69) is 16.9 Å². The molecule has 2 aromatic heterocycles. The summed E-state index contributed by atoms with van der Waals surface area (Å²) < 4.78 is 5.45. The number of nitrogens with zero attached hydrogens (tertiary/aromatic N) is 2. The second kappa shape index (κ2) is 6.46. The van der Waals surface area contributed by atoms with Gasteiger partial charge in [0.2, 0.25) is 0 Å². The molecule has 0 saturated heterocycles. The summed E-state index contributed by atoms with van der Waals surface area (Å²) in [6, 6.07) is 7.82. The Hall–Kier alpha value is -2.27. The third kappa shape index (κ3) is 3.10. The van der Waals surface area contributed by atoms with Crippen LogP contribution in [0, 0.1) is 13.8 Å². The summed E-state index contributed by atoms with van der Waals surface area (Å²) in [6.07, 6.45) is 0.894. The fourth-order valence-electron chi connectivity index (χ4n) is 2.62. The van der Waals surface area contributed by atoms with Gasteiger partial charge < -0.3 is 4.74 Å². The molecule has 0 aliphatic rings. The fraction of sp³-hybridized carbons (Fsp3) is 0.278. The number of rotatable bonds is 4. The molecule has 0 aliphatic heterocycles. The van der Waals surface area contributed by atoms with Gasteiger partial charge in [0.15, 0.2) is 0 Å². The van der Waals surface area contributed by atoms with Crippen molar-refractivity contribution in [3.63, 3.8) is 0 Å². The van der Waals surface area contributed by atoms with Crippen LogP contribution < -0.4 is 0 Å². The number of aryl methyl sites for hydroxylation is 3. The smallest absolute Gasteiger partial charge is 0.340 e. The molecule has 0 aliphatic carbocycles. The minimum Gasteiger partial charge on any atom is -0.455 e. The quantitative estimate of drug-likeness (QED) is 0.673. The summed E-state index contributed by atoms with van der Waals surface area (Å²) in [6.45, 7) is 6.03. The normalized spacial score (nSPS) is 10.9. The molecule has 0 unspecified atom stereocenters. The van der Waals surface area contributed by atoms with Crippen molar-refractivity contribution in [1.82, 2.24) is 9.97 Å². The van der Waals surface area contributed by atoms with Crippen LogP contribution in [0.5, 0.6) is 0 Å². The molecule has 0 amide bonds. The molecule has 0 N–H and O–H groups in total. The highest BCUT2D eigenvalue weighted by Crippen LogP contribution is 2.23. The number of para-hydroxylation sites is 1. The number of carbonyl (C=O) groups is 1. The van der Waals surface area contributed by atoms with Crippen LogP contribution in [-0.4, -0.2) is 15.9 Å². The van der Waals surface area contributed by atoms with E-state index in [4.69, 9.17) is 4.74 Å². The van der Waals surface area contributed by atoms with E-state index in [9.17, 15) is 4.79 Å². The number of fused-ring (bicyclic) bond motifs is 1. The Balaban J connectivity index is 1.85. The Bertz CT molecular complexity index is 871. The van der Waals surface area contributed by atoms with E-state index in [0.717, 1.165) is 33.6 Å². The van der Waals surface area contributed by atoms with Crippen molar-refractivity contribution in [3.8, 4) is 0 Å². The summed E-state index contributed by atoms with van der Waals surface area (Å²) in [5.74, 6) is -0.343. The topological polar surface area (TPSA) is 52.1 Å². The van der Waals surface area contributed by atoms with Crippen molar-refractivity contribution in [2.45, 2.75) is 33.8 Å². The number of carbonyl (C=O) groups excluding carboxylic acids is 1. The second-order valence-electron chi connectivity index (χ2n) is 5.38. The maximum atomic E-state index is 12.5. The monoisotopic (exact) mass is 326 g/mol. The summed E-state index contributed by atoms with van der Waals surface area (Å²) in [5.41, 5.74) is 3.84. The zero-order chi connectivity index (χ0) is 16.4. The van der Waals surface area contributed by atoms with Gasteiger partial charge in [-0.3, -0.25) is 4.98 Å². The van der Waals surface area contributed by atoms with E-state index in [1.807, 2.05) is 43.5 Å². The number of aromatic nitrogens is 2. The molecule has 5 heteroatoms. The van der Waals surface area contributed by atoms with Gasteiger partial charge in [-0.2, -0.15) is 0 Å². The zero-order valence-corrected chi connectivity index (χ0v) is 14.2. The third-order valence-corrected chi connectivity index (χ3v) is 4.83. The highest BCUT2D eigenvalue weighted by Gasteiger charge is 2.18. The van der Waals surface area contributed by atoms with E-state index in [-0.39, 0.29) is 12.6 Å². The number of esters is 1. The SMILES string of the molecule is CCc1nc(COC(=O)c2c(C)nc3ccccc3c2C)cs1. The number of benzene rings is 1. The number of pyridine rings is 1. The molecule has 3 rings (SSSR count). The molecule has 0 radical (unpaired) electrons. The first-order chi connectivity index (χ1) is 11.1. The van der Waals surface area contributed by atoms with Crippen molar-refractivity contribution >= 4 is 28.2 Å². The van der Waals surface area contributed by atoms with E-state index in [1.54, 1.807) is 11.3 Å². The van der Waals surface area contributed by atoms with Crippen molar-refractivity contribution < 1.29 is 9.53 Å². The lowest BCUT2D eigenvalue weighted by Crippen LogP contribution is -2.11. The predicted octanol–water partition coefficient (Wildman–Crippen LogP) is 4.23. The molecule has 0 atom stereocenters. The van der Waals surface area contributed by atoms with Crippen LogP contribution >= 0.6 is 11.3 Å². The lowest BCUT2D eigenvalue weighted by Gasteiger charge is -2.11.